The Morgan fingerprint density at radius 3 is 2.38 bits per heavy atom. The van der Waals surface area contributed by atoms with Crippen molar-refractivity contribution in [2.24, 2.45) is 5.92 Å². The number of anilines is 1. The van der Waals surface area contributed by atoms with Crippen LogP contribution in [0.3, 0.4) is 0 Å². The fraction of sp³-hybridized carbons (Fsp3) is 0.593. The molecule has 2 fully saturated rings. The molecule has 40 heavy (non-hydrogen) atoms. The number of hydrogen-bond donors (Lipinski definition) is 1. The number of ether oxygens (including phenoxy) is 1. The Morgan fingerprint density at radius 2 is 1.77 bits per heavy atom. The molecule has 2 aliphatic heterocycles. The van der Waals surface area contributed by atoms with E-state index in [0.29, 0.717) is 5.69 Å². The molecule has 0 aliphatic carbocycles. The molecule has 2 saturated heterocycles. The molecule has 2 amide bonds. The lowest BCUT2D eigenvalue weighted by Gasteiger charge is -2.41. The van der Waals surface area contributed by atoms with Gasteiger partial charge < -0.3 is 19.9 Å². The molecule has 0 bridgehead atoms. The Morgan fingerprint density at radius 1 is 1.12 bits per heavy atom. The van der Waals surface area contributed by atoms with E-state index < -0.39 is 47.8 Å². The zero-order valence-corrected chi connectivity index (χ0v) is 22.6. The van der Waals surface area contributed by atoms with E-state index in [1.165, 1.54) is 34.3 Å². The number of hydrogen-bond acceptors (Lipinski definition) is 7. The fourth-order valence-electron chi connectivity index (χ4n) is 5.19. The molecule has 2 aliphatic rings. The monoisotopic (exact) mass is 564 g/mol. The zero-order valence-electron chi connectivity index (χ0n) is 22.6. The molecule has 0 spiro atoms. The van der Waals surface area contributed by atoms with Crippen LogP contribution in [0.5, 0.6) is 0 Å². The van der Waals surface area contributed by atoms with Crippen LogP contribution < -0.4 is 10.2 Å². The third-order valence-corrected chi connectivity index (χ3v) is 7.13. The highest BCUT2D eigenvalue weighted by Crippen LogP contribution is 2.37. The van der Waals surface area contributed by atoms with Gasteiger partial charge in [-0.1, -0.05) is 0 Å². The van der Waals surface area contributed by atoms with Gasteiger partial charge in [-0.3, -0.25) is 14.8 Å². The minimum atomic E-state index is -4.52. The van der Waals surface area contributed by atoms with Gasteiger partial charge in [0.1, 0.15) is 28.4 Å². The zero-order chi connectivity index (χ0) is 29.3. The molecule has 0 radical (unpaired) electrons. The minimum Gasteiger partial charge on any atom is -0.444 e. The first-order valence-electron chi connectivity index (χ1n) is 13.1. The Labute approximate surface area is 229 Å². The molecular weight excluding hydrogens is 532 g/mol. The molecular formula is C27H32F4N6O3. The Bertz CT molecular complexity index is 1300. The molecule has 4 rings (SSSR count). The van der Waals surface area contributed by atoms with Crippen molar-refractivity contribution in [3.8, 4) is 6.07 Å². The van der Waals surface area contributed by atoms with Gasteiger partial charge in [-0.25, -0.2) is 9.18 Å². The number of aromatic nitrogens is 2. The van der Waals surface area contributed by atoms with Crippen molar-refractivity contribution in [3.63, 3.8) is 0 Å². The summed E-state index contributed by atoms with van der Waals surface area (Å²) in [5, 5.41) is 12.0. The number of nitriles is 1. The number of carbonyl (C=O) groups excluding carboxylic acids is 2. The highest BCUT2D eigenvalue weighted by molar-refractivity contribution is 5.92. The third-order valence-electron chi connectivity index (χ3n) is 7.13. The van der Waals surface area contributed by atoms with Crippen LogP contribution >= 0.6 is 0 Å². The summed E-state index contributed by atoms with van der Waals surface area (Å²) in [6, 6.07) is 4.11. The number of benzene rings is 1. The second-order valence-electron chi connectivity index (χ2n) is 11.4. The lowest BCUT2D eigenvalue weighted by molar-refractivity contribution is -0.178. The van der Waals surface area contributed by atoms with Gasteiger partial charge >= 0.3 is 12.3 Å². The number of rotatable bonds is 4. The molecule has 0 saturated carbocycles. The summed E-state index contributed by atoms with van der Waals surface area (Å²) < 4.78 is 62.5. The number of piperidine rings is 2. The highest BCUT2D eigenvalue weighted by atomic mass is 19.4. The number of fused-ring (bicyclic) bond motifs is 1. The maximum absolute atomic E-state index is 15.5. The summed E-state index contributed by atoms with van der Waals surface area (Å²) in [7, 11) is 0. The van der Waals surface area contributed by atoms with Crippen molar-refractivity contribution < 1.29 is 31.9 Å². The van der Waals surface area contributed by atoms with Gasteiger partial charge in [0.05, 0.1) is 23.6 Å². The van der Waals surface area contributed by atoms with Gasteiger partial charge in [-0.2, -0.15) is 18.4 Å². The summed E-state index contributed by atoms with van der Waals surface area (Å²) in [5.41, 5.74) is -1.42. The van der Waals surface area contributed by atoms with Crippen LogP contribution in [0.1, 0.15) is 52.0 Å². The normalized spacial score (nSPS) is 21.6. The number of nitrogens with one attached hydrogen (secondary N) is 1. The first-order chi connectivity index (χ1) is 18.7. The Balaban J connectivity index is 1.45. The number of amides is 2. The standard InChI is InChI=1S/C27H32F4N6O3/c1-25(2,3)40-24(39)36-10-6-26(28,7-11-36)13-21(38)35-19-12-18(27(29,30)31)15-37(16-19)20-5-4-17(14-32)22-23(20)34-9-8-33-22/h4-5,8-9,18-19H,6-7,10-13,15-16H2,1-3H3,(H,35,38)/t18-,19+/m0/s1. The average molecular weight is 565 g/mol. The maximum Gasteiger partial charge on any atom is 0.410 e. The van der Waals surface area contributed by atoms with E-state index in [2.05, 4.69) is 15.3 Å². The predicted octanol–water partition coefficient (Wildman–Crippen LogP) is 4.50. The lowest BCUT2D eigenvalue weighted by atomic mass is 9.89. The highest BCUT2D eigenvalue weighted by Gasteiger charge is 2.46. The lowest BCUT2D eigenvalue weighted by Crippen LogP contribution is -2.55. The quantitative estimate of drug-likeness (QED) is 0.544. The molecule has 1 N–H and O–H groups in total. The van der Waals surface area contributed by atoms with Gasteiger partial charge in [-0.15, -0.1) is 0 Å². The first kappa shape index (κ1) is 29.3. The van der Waals surface area contributed by atoms with Crippen molar-refractivity contribution in [2.75, 3.05) is 31.1 Å². The maximum atomic E-state index is 15.5. The molecule has 1 aromatic heterocycles. The average Bonchev–Trinajstić information content (AvgIpc) is 2.86. The summed E-state index contributed by atoms with van der Waals surface area (Å²) in [6.07, 6.45) is -3.33. The van der Waals surface area contributed by atoms with Crippen LogP contribution in [0, 0.1) is 17.2 Å². The van der Waals surface area contributed by atoms with Crippen LogP contribution in [-0.4, -0.2) is 76.5 Å². The molecule has 0 unspecified atom stereocenters. The summed E-state index contributed by atoms with van der Waals surface area (Å²) in [4.78, 5) is 36.4. The molecule has 1 aromatic carbocycles. The van der Waals surface area contributed by atoms with E-state index in [4.69, 9.17) is 4.74 Å². The summed E-state index contributed by atoms with van der Waals surface area (Å²) >= 11 is 0. The van der Waals surface area contributed by atoms with Crippen LogP contribution in [0.25, 0.3) is 11.0 Å². The van der Waals surface area contributed by atoms with Crippen molar-refractivity contribution in [2.45, 2.75) is 69.9 Å². The number of nitrogens with zero attached hydrogens (tertiary/aromatic N) is 5. The molecule has 3 heterocycles. The second-order valence-corrected chi connectivity index (χ2v) is 11.4. The van der Waals surface area contributed by atoms with E-state index in [1.54, 1.807) is 20.8 Å². The molecule has 13 heteroatoms. The van der Waals surface area contributed by atoms with Crippen LogP contribution in [-0.2, 0) is 9.53 Å². The molecule has 9 nitrogen and oxygen atoms in total. The number of halogens is 4. The molecule has 2 aromatic rings. The van der Waals surface area contributed by atoms with Crippen molar-refractivity contribution >= 4 is 28.7 Å². The molecule has 216 valence electrons. The Kier molecular flexibility index (Phi) is 8.10. The van der Waals surface area contributed by atoms with E-state index in [1.807, 2.05) is 6.07 Å². The number of likely N-dealkylation sites (tertiary alicyclic amines) is 1. The minimum absolute atomic E-state index is 0.0433. The van der Waals surface area contributed by atoms with Crippen LogP contribution in [0.4, 0.5) is 28.0 Å². The largest absolute Gasteiger partial charge is 0.444 e. The van der Waals surface area contributed by atoms with Gasteiger partial charge in [-0.05, 0) is 52.2 Å². The second kappa shape index (κ2) is 11.1. The fourth-order valence-corrected chi connectivity index (χ4v) is 5.19. The SMILES string of the molecule is CC(C)(C)OC(=O)N1CCC(F)(CC(=O)N[C@@H]2C[C@H](C(F)(F)F)CN(c3ccc(C#N)c4nccnc34)C2)CC1. The smallest absolute Gasteiger partial charge is 0.410 e. The number of carbonyl (C=O) groups is 2. The van der Waals surface area contributed by atoms with E-state index in [0.717, 1.165) is 0 Å². The van der Waals surface area contributed by atoms with Crippen LogP contribution in [0.15, 0.2) is 24.5 Å². The van der Waals surface area contributed by atoms with E-state index >= 15 is 4.39 Å². The van der Waals surface area contributed by atoms with Crippen molar-refractivity contribution in [3.05, 3.63) is 30.1 Å². The van der Waals surface area contributed by atoms with Gasteiger partial charge in [0, 0.05) is 44.6 Å². The first-order valence-corrected chi connectivity index (χ1v) is 13.1. The topological polar surface area (TPSA) is 111 Å². The molecule has 2 atom stereocenters. The summed E-state index contributed by atoms with van der Waals surface area (Å²) in [5.74, 6) is -2.43. The van der Waals surface area contributed by atoms with Gasteiger partial charge in [0.2, 0.25) is 5.91 Å². The van der Waals surface area contributed by atoms with Gasteiger partial charge in [0.25, 0.3) is 0 Å². The Hall–Kier alpha value is -3.69. The third kappa shape index (κ3) is 6.89. The van der Waals surface area contributed by atoms with E-state index in [9.17, 15) is 28.0 Å². The van der Waals surface area contributed by atoms with Gasteiger partial charge in [0.15, 0.2) is 0 Å². The van der Waals surface area contributed by atoms with Crippen molar-refractivity contribution in [1.82, 2.24) is 20.2 Å². The predicted molar refractivity (Wildman–Crippen MR) is 138 cm³/mol. The van der Waals surface area contributed by atoms with Crippen molar-refractivity contribution in [1.29, 1.82) is 5.26 Å². The number of alkyl halides is 4. The van der Waals surface area contributed by atoms with Crippen LogP contribution in [0.2, 0.25) is 0 Å². The summed E-state index contributed by atoms with van der Waals surface area (Å²) in [6.45, 7) is 5.00. The van der Waals surface area contributed by atoms with E-state index in [-0.39, 0.29) is 62.0 Å².